The predicted octanol–water partition coefficient (Wildman–Crippen LogP) is 2.32. The number of carbonyl (C=O) groups is 4. The van der Waals surface area contributed by atoms with Gasteiger partial charge in [0.15, 0.2) is 0 Å². The third-order valence-corrected chi connectivity index (χ3v) is 5.86. The monoisotopic (exact) mass is 408 g/mol. The molecule has 0 aromatic carbocycles. The van der Waals surface area contributed by atoms with Gasteiger partial charge in [-0.05, 0) is 36.0 Å². The number of carbonyl (C=O) groups excluding carboxylic acids is 4. The zero-order valence-electron chi connectivity index (χ0n) is 18.6. The van der Waals surface area contributed by atoms with Gasteiger partial charge in [0.05, 0.1) is 13.2 Å². The molecule has 2 fully saturated rings. The lowest BCUT2D eigenvalue weighted by Gasteiger charge is -2.32. The molecule has 0 aromatic rings. The molecule has 1 saturated heterocycles. The molecule has 1 N–H and O–H groups in total. The van der Waals surface area contributed by atoms with E-state index in [1.165, 1.54) is 0 Å². The van der Waals surface area contributed by atoms with E-state index in [0.29, 0.717) is 25.3 Å². The Bertz CT molecular complexity index is 648. The summed E-state index contributed by atoms with van der Waals surface area (Å²) in [6.07, 6.45) is 3.54. The Hall–Kier alpha value is -1.92. The van der Waals surface area contributed by atoms with E-state index in [1.807, 2.05) is 34.6 Å². The molecule has 0 bridgehead atoms. The van der Waals surface area contributed by atoms with Crippen molar-refractivity contribution in [2.75, 3.05) is 13.7 Å². The molecule has 164 valence electrons. The van der Waals surface area contributed by atoms with Gasteiger partial charge < -0.3 is 15.0 Å². The molecule has 1 saturated carbocycles. The Kier molecular flexibility index (Phi) is 7.46. The van der Waals surface area contributed by atoms with Crippen LogP contribution in [0.2, 0.25) is 0 Å². The number of Topliss-reactive ketones (excluding diaryl/α,β-unsaturated/α-hetero) is 1. The fourth-order valence-electron chi connectivity index (χ4n) is 4.10. The van der Waals surface area contributed by atoms with Crippen molar-refractivity contribution >= 4 is 23.6 Å². The highest BCUT2D eigenvalue weighted by molar-refractivity contribution is 6.36. The minimum Gasteiger partial charge on any atom is -0.463 e. The molecule has 7 nitrogen and oxygen atoms in total. The van der Waals surface area contributed by atoms with Crippen LogP contribution in [-0.2, 0) is 23.9 Å². The number of amides is 2. The normalized spacial score (nSPS) is 23.1. The van der Waals surface area contributed by atoms with Crippen LogP contribution in [-0.4, -0.2) is 54.2 Å². The summed E-state index contributed by atoms with van der Waals surface area (Å²) in [4.78, 5) is 52.0. The summed E-state index contributed by atoms with van der Waals surface area (Å²) in [6, 6.07) is -1.51. The van der Waals surface area contributed by atoms with Crippen molar-refractivity contribution < 1.29 is 23.9 Å². The summed E-state index contributed by atoms with van der Waals surface area (Å²) >= 11 is 0. The molecular formula is C22H36N2O5. The van der Waals surface area contributed by atoms with Crippen molar-refractivity contribution in [3.63, 3.8) is 0 Å². The van der Waals surface area contributed by atoms with Crippen LogP contribution in [0.15, 0.2) is 0 Å². The van der Waals surface area contributed by atoms with Crippen LogP contribution in [0.3, 0.4) is 0 Å². The van der Waals surface area contributed by atoms with E-state index in [0.717, 1.165) is 26.4 Å². The van der Waals surface area contributed by atoms with Gasteiger partial charge in [-0.15, -0.1) is 0 Å². The van der Waals surface area contributed by atoms with Crippen LogP contribution in [0.1, 0.15) is 66.7 Å². The number of ketones is 1. The number of esters is 1. The SMILES string of the molecule is COC(=O)C(=O)C(CC1CC1)NC(=O)[C@@H]1C(C(C)C)CCN1C(=O)CC(C)(C)C. The molecule has 1 aliphatic heterocycles. The second-order valence-electron chi connectivity index (χ2n) is 10.1. The Balaban J connectivity index is 2.19. The van der Waals surface area contributed by atoms with E-state index < -0.39 is 23.8 Å². The molecule has 1 heterocycles. The van der Waals surface area contributed by atoms with E-state index in [2.05, 4.69) is 10.1 Å². The molecule has 3 atom stereocenters. The lowest BCUT2D eigenvalue weighted by molar-refractivity contribution is -0.153. The first kappa shape index (κ1) is 23.4. The van der Waals surface area contributed by atoms with Crippen molar-refractivity contribution in [3.8, 4) is 0 Å². The van der Waals surface area contributed by atoms with Gasteiger partial charge in [0.1, 0.15) is 6.04 Å². The Morgan fingerprint density at radius 2 is 1.72 bits per heavy atom. The molecule has 0 aromatic heterocycles. The van der Waals surface area contributed by atoms with Gasteiger partial charge in [0.25, 0.3) is 5.78 Å². The Morgan fingerprint density at radius 3 is 2.21 bits per heavy atom. The number of methoxy groups -OCH3 is 1. The number of likely N-dealkylation sites (tertiary alicyclic amines) is 1. The maximum absolute atomic E-state index is 13.3. The quantitative estimate of drug-likeness (QED) is 0.491. The average molecular weight is 409 g/mol. The lowest BCUT2D eigenvalue weighted by Crippen LogP contribution is -2.54. The number of ether oxygens (including phenoxy) is 1. The van der Waals surface area contributed by atoms with Crippen LogP contribution in [0.25, 0.3) is 0 Å². The van der Waals surface area contributed by atoms with Crippen molar-refractivity contribution in [1.29, 1.82) is 0 Å². The fourth-order valence-corrected chi connectivity index (χ4v) is 4.10. The smallest absolute Gasteiger partial charge is 0.376 e. The number of hydrogen-bond donors (Lipinski definition) is 1. The maximum Gasteiger partial charge on any atom is 0.376 e. The van der Waals surface area contributed by atoms with E-state index >= 15 is 0 Å². The topological polar surface area (TPSA) is 92.8 Å². The van der Waals surface area contributed by atoms with Gasteiger partial charge in [-0.3, -0.25) is 14.4 Å². The zero-order valence-corrected chi connectivity index (χ0v) is 18.6. The van der Waals surface area contributed by atoms with Crippen molar-refractivity contribution in [2.45, 2.75) is 78.8 Å². The summed E-state index contributed by atoms with van der Waals surface area (Å²) < 4.78 is 4.57. The molecule has 29 heavy (non-hydrogen) atoms. The third-order valence-electron chi connectivity index (χ3n) is 5.86. The summed E-state index contributed by atoms with van der Waals surface area (Å²) in [5, 5.41) is 2.79. The fraction of sp³-hybridized carbons (Fsp3) is 0.818. The third kappa shape index (κ3) is 6.28. The number of rotatable bonds is 8. The second kappa shape index (κ2) is 9.26. The first-order valence-electron chi connectivity index (χ1n) is 10.7. The second-order valence-corrected chi connectivity index (χ2v) is 10.1. The molecule has 1 aliphatic carbocycles. The standard InChI is InChI=1S/C22H36N2O5/c1-13(2)15-9-10-24(17(25)12-22(3,4)5)18(15)20(27)23-16(11-14-7-8-14)19(26)21(28)29-6/h13-16,18H,7-12H2,1-6H3,(H,23,27)/t15?,16?,18-/m0/s1. The van der Waals surface area contributed by atoms with Gasteiger partial charge in [0.2, 0.25) is 11.8 Å². The molecular weight excluding hydrogens is 372 g/mol. The predicted molar refractivity (Wildman–Crippen MR) is 109 cm³/mol. The Labute approximate surface area is 173 Å². The highest BCUT2D eigenvalue weighted by atomic mass is 16.5. The van der Waals surface area contributed by atoms with E-state index in [-0.39, 0.29) is 29.1 Å². The van der Waals surface area contributed by atoms with Crippen molar-refractivity contribution in [3.05, 3.63) is 0 Å². The summed E-state index contributed by atoms with van der Waals surface area (Å²) in [7, 11) is 1.16. The summed E-state index contributed by atoms with van der Waals surface area (Å²) in [5.41, 5.74) is -0.177. The molecule has 2 rings (SSSR count). The van der Waals surface area contributed by atoms with Gasteiger partial charge >= 0.3 is 5.97 Å². The van der Waals surface area contributed by atoms with E-state index in [4.69, 9.17) is 0 Å². The van der Waals surface area contributed by atoms with E-state index in [1.54, 1.807) is 4.90 Å². The first-order valence-corrected chi connectivity index (χ1v) is 10.7. The highest BCUT2D eigenvalue weighted by Crippen LogP contribution is 2.35. The minimum atomic E-state index is -0.941. The van der Waals surface area contributed by atoms with Crippen molar-refractivity contribution in [1.82, 2.24) is 10.2 Å². The van der Waals surface area contributed by atoms with Crippen LogP contribution < -0.4 is 5.32 Å². The Morgan fingerprint density at radius 1 is 1.10 bits per heavy atom. The van der Waals surface area contributed by atoms with Crippen molar-refractivity contribution in [2.24, 2.45) is 23.2 Å². The minimum absolute atomic E-state index is 0.0220. The highest BCUT2D eigenvalue weighted by Gasteiger charge is 2.45. The summed E-state index contributed by atoms with van der Waals surface area (Å²) in [6.45, 7) is 10.6. The molecule has 0 spiro atoms. The summed E-state index contributed by atoms with van der Waals surface area (Å²) in [5.74, 6) is -1.46. The molecule has 7 heteroatoms. The van der Waals surface area contributed by atoms with Crippen LogP contribution >= 0.6 is 0 Å². The van der Waals surface area contributed by atoms with Gasteiger partial charge in [-0.1, -0.05) is 47.5 Å². The lowest BCUT2D eigenvalue weighted by atomic mass is 9.87. The number of nitrogens with one attached hydrogen (secondary N) is 1. The van der Waals surface area contributed by atoms with Crippen LogP contribution in [0.4, 0.5) is 0 Å². The van der Waals surface area contributed by atoms with Gasteiger partial charge in [-0.2, -0.15) is 0 Å². The molecule has 0 radical (unpaired) electrons. The molecule has 2 aliphatic rings. The van der Waals surface area contributed by atoms with E-state index in [9.17, 15) is 19.2 Å². The maximum atomic E-state index is 13.3. The van der Waals surface area contributed by atoms with Crippen LogP contribution in [0, 0.1) is 23.2 Å². The van der Waals surface area contributed by atoms with Gasteiger partial charge in [0, 0.05) is 13.0 Å². The number of nitrogens with zero attached hydrogens (tertiary/aromatic N) is 1. The van der Waals surface area contributed by atoms with Crippen LogP contribution in [0.5, 0.6) is 0 Å². The number of hydrogen-bond acceptors (Lipinski definition) is 5. The average Bonchev–Trinajstić information content (AvgIpc) is 3.31. The molecule has 2 unspecified atom stereocenters. The first-order chi connectivity index (χ1) is 13.4. The largest absolute Gasteiger partial charge is 0.463 e. The van der Waals surface area contributed by atoms with Gasteiger partial charge in [-0.25, -0.2) is 4.79 Å². The molecule has 2 amide bonds. The zero-order chi connectivity index (χ0) is 21.9.